The Kier molecular flexibility index (Phi) is 4.13. The Morgan fingerprint density at radius 3 is 2.44 bits per heavy atom. The third-order valence-electron chi connectivity index (χ3n) is 3.10. The quantitative estimate of drug-likeness (QED) is 0.449. The van der Waals surface area contributed by atoms with Gasteiger partial charge in [-0.1, -0.05) is 0 Å². The topological polar surface area (TPSA) is 63.5 Å². The molecule has 5 heteroatoms. The van der Waals surface area contributed by atoms with Crippen LogP contribution >= 0.6 is 0 Å². The second kappa shape index (κ2) is 5.17. The fourth-order valence-corrected chi connectivity index (χ4v) is 2.08. The summed E-state index contributed by atoms with van der Waals surface area (Å²) >= 11 is 0. The molecule has 0 aromatic carbocycles. The van der Waals surface area contributed by atoms with Gasteiger partial charge in [0.05, 0.1) is 6.07 Å². The van der Waals surface area contributed by atoms with E-state index in [1.807, 2.05) is 26.0 Å². The molecule has 0 spiro atoms. The number of piperidine rings is 1. The van der Waals surface area contributed by atoms with Crippen LogP contribution < -0.4 is 10.6 Å². The van der Waals surface area contributed by atoms with E-state index in [0.29, 0.717) is 5.92 Å². The number of nitrogens with zero attached hydrogens (tertiary/aromatic N) is 3. The van der Waals surface area contributed by atoms with Crippen LogP contribution in [-0.2, 0) is 0 Å². The van der Waals surface area contributed by atoms with Crippen molar-refractivity contribution in [2.24, 2.45) is 10.9 Å². The largest absolute Gasteiger partial charge is 0.359 e. The molecule has 16 heavy (non-hydrogen) atoms. The minimum atomic E-state index is -0.0417. The molecule has 0 radical (unpaired) electrons. The van der Waals surface area contributed by atoms with Crippen LogP contribution in [0.1, 0.15) is 12.8 Å². The summed E-state index contributed by atoms with van der Waals surface area (Å²) in [5, 5.41) is 14.7. The number of aliphatic imine (C=N–C) groups is 1. The molecule has 1 heterocycles. The zero-order chi connectivity index (χ0) is 12.2. The van der Waals surface area contributed by atoms with Gasteiger partial charge < -0.3 is 10.2 Å². The Hall–Kier alpha value is -1.28. The fourth-order valence-electron chi connectivity index (χ4n) is 2.08. The highest BCUT2D eigenvalue weighted by atomic mass is 15.2. The molecule has 0 aromatic heterocycles. The van der Waals surface area contributed by atoms with Gasteiger partial charge in [-0.3, -0.25) is 10.3 Å². The molecule has 0 amide bonds. The SMILES string of the molecule is CN=C(NC)N(C)C.N#CC12CC1CCN2. The van der Waals surface area contributed by atoms with Gasteiger partial charge in [-0.05, 0) is 25.3 Å². The van der Waals surface area contributed by atoms with Crippen LogP contribution in [0.15, 0.2) is 4.99 Å². The smallest absolute Gasteiger partial charge is 0.192 e. The van der Waals surface area contributed by atoms with Crippen LogP contribution in [0.25, 0.3) is 0 Å². The van der Waals surface area contributed by atoms with E-state index < -0.39 is 0 Å². The molecule has 1 aliphatic heterocycles. The van der Waals surface area contributed by atoms with Crippen LogP contribution in [0, 0.1) is 17.2 Å². The van der Waals surface area contributed by atoms with E-state index in [0.717, 1.165) is 18.9 Å². The first kappa shape index (κ1) is 12.8. The molecular weight excluding hydrogens is 202 g/mol. The maximum Gasteiger partial charge on any atom is 0.192 e. The van der Waals surface area contributed by atoms with Crippen molar-refractivity contribution in [1.82, 2.24) is 15.5 Å². The number of guanidine groups is 1. The van der Waals surface area contributed by atoms with Crippen LogP contribution in [0.3, 0.4) is 0 Å². The summed E-state index contributed by atoms with van der Waals surface area (Å²) < 4.78 is 0. The average Bonchev–Trinajstić information content (AvgIpc) is 2.83. The number of fused-ring (bicyclic) bond motifs is 1. The summed E-state index contributed by atoms with van der Waals surface area (Å²) in [6.45, 7) is 1.05. The molecule has 2 unspecified atom stereocenters. The highest BCUT2D eigenvalue weighted by molar-refractivity contribution is 5.78. The van der Waals surface area contributed by atoms with Crippen molar-refractivity contribution in [3.63, 3.8) is 0 Å². The van der Waals surface area contributed by atoms with Gasteiger partial charge in [0.15, 0.2) is 5.96 Å². The molecular formula is C11H21N5. The van der Waals surface area contributed by atoms with Gasteiger partial charge in [-0.2, -0.15) is 5.26 Å². The predicted octanol–water partition coefficient (Wildman–Crippen LogP) is 0.0152. The van der Waals surface area contributed by atoms with Crippen molar-refractivity contribution >= 4 is 5.96 Å². The van der Waals surface area contributed by atoms with Crippen LogP contribution in [-0.4, -0.2) is 51.1 Å². The van der Waals surface area contributed by atoms with Crippen molar-refractivity contribution in [2.75, 3.05) is 34.7 Å². The molecule has 5 nitrogen and oxygen atoms in total. The highest BCUT2D eigenvalue weighted by Gasteiger charge is 2.57. The molecule has 1 aliphatic carbocycles. The van der Waals surface area contributed by atoms with E-state index in [4.69, 9.17) is 5.26 Å². The van der Waals surface area contributed by atoms with E-state index in [-0.39, 0.29) is 5.54 Å². The van der Waals surface area contributed by atoms with Crippen molar-refractivity contribution in [2.45, 2.75) is 18.4 Å². The number of rotatable bonds is 0. The van der Waals surface area contributed by atoms with Crippen LogP contribution in [0.5, 0.6) is 0 Å². The lowest BCUT2D eigenvalue weighted by atomic mass is 10.2. The zero-order valence-electron chi connectivity index (χ0n) is 10.5. The lowest BCUT2D eigenvalue weighted by Gasteiger charge is -2.12. The molecule has 2 atom stereocenters. The average molecular weight is 223 g/mol. The molecule has 90 valence electrons. The van der Waals surface area contributed by atoms with Crippen molar-refractivity contribution < 1.29 is 0 Å². The van der Waals surface area contributed by atoms with Gasteiger partial charge in [-0.15, -0.1) is 0 Å². The van der Waals surface area contributed by atoms with Crippen molar-refractivity contribution in [3.05, 3.63) is 0 Å². The highest BCUT2D eigenvalue weighted by Crippen LogP contribution is 2.48. The molecule has 1 saturated carbocycles. The van der Waals surface area contributed by atoms with E-state index in [2.05, 4.69) is 21.7 Å². The van der Waals surface area contributed by atoms with Crippen LogP contribution in [0.4, 0.5) is 0 Å². The monoisotopic (exact) mass is 223 g/mol. The van der Waals surface area contributed by atoms with E-state index in [9.17, 15) is 0 Å². The molecule has 1 saturated heterocycles. The maximum atomic E-state index is 8.55. The van der Waals surface area contributed by atoms with Gasteiger partial charge in [-0.25, -0.2) is 0 Å². The number of nitriles is 1. The standard InChI is InChI=1S/C6H8N2.C5H13N3/c7-4-6-3-5(6)1-2-8-6;1-6-5(7-2)8(3)4/h5,8H,1-3H2;1-4H3,(H,6,7). The molecule has 2 N–H and O–H groups in total. The number of nitrogens with one attached hydrogen (secondary N) is 2. The summed E-state index contributed by atoms with van der Waals surface area (Å²) in [7, 11) is 7.49. The van der Waals surface area contributed by atoms with Crippen molar-refractivity contribution in [1.29, 1.82) is 5.26 Å². The first-order chi connectivity index (χ1) is 7.59. The Bertz CT molecular complexity index is 304. The normalized spacial score (nSPS) is 30.7. The minimum absolute atomic E-state index is 0.0417. The lowest BCUT2D eigenvalue weighted by molar-refractivity contribution is 0.596. The Labute approximate surface area is 97.5 Å². The minimum Gasteiger partial charge on any atom is -0.359 e. The summed E-state index contributed by atoms with van der Waals surface area (Å²) in [5.41, 5.74) is -0.0417. The third kappa shape index (κ3) is 2.64. The summed E-state index contributed by atoms with van der Waals surface area (Å²) in [6.07, 6.45) is 2.32. The first-order valence-corrected chi connectivity index (χ1v) is 5.57. The third-order valence-corrected chi connectivity index (χ3v) is 3.10. The fraction of sp³-hybridized carbons (Fsp3) is 0.818. The van der Waals surface area contributed by atoms with Gasteiger partial charge in [0.25, 0.3) is 0 Å². The first-order valence-electron chi connectivity index (χ1n) is 5.57. The maximum absolute atomic E-state index is 8.55. The van der Waals surface area contributed by atoms with Crippen molar-refractivity contribution in [3.8, 4) is 6.07 Å². The second-order valence-electron chi connectivity index (χ2n) is 4.39. The molecule has 0 bridgehead atoms. The van der Waals surface area contributed by atoms with E-state index in [1.165, 1.54) is 6.42 Å². The lowest BCUT2D eigenvalue weighted by Crippen LogP contribution is -2.33. The van der Waals surface area contributed by atoms with Gasteiger partial charge >= 0.3 is 0 Å². The second-order valence-corrected chi connectivity index (χ2v) is 4.39. The van der Waals surface area contributed by atoms with E-state index >= 15 is 0 Å². The summed E-state index contributed by atoms with van der Waals surface area (Å²) in [5.74, 6) is 1.59. The Morgan fingerprint density at radius 2 is 2.31 bits per heavy atom. The van der Waals surface area contributed by atoms with Gasteiger partial charge in [0, 0.05) is 28.2 Å². The number of hydrogen-bond donors (Lipinski definition) is 2. The Morgan fingerprint density at radius 1 is 1.62 bits per heavy atom. The van der Waals surface area contributed by atoms with Gasteiger partial charge in [0.2, 0.25) is 0 Å². The summed E-state index contributed by atoms with van der Waals surface area (Å²) in [6, 6.07) is 2.30. The predicted molar refractivity (Wildman–Crippen MR) is 65.2 cm³/mol. The zero-order valence-corrected chi connectivity index (χ0v) is 10.5. The molecule has 0 aromatic rings. The number of hydrogen-bond acceptors (Lipinski definition) is 3. The molecule has 2 rings (SSSR count). The Balaban J connectivity index is 0.000000160. The van der Waals surface area contributed by atoms with Crippen LogP contribution in [0.2, 0.25) is 0 Å². The summed E-state index contributed by atoms with van der Waals surface area (Å²) in [4.78, 5) is 5.85. The molecule has 2 aliphatic rings. The van der Waals surface area contributed by atoms with E-state index in [1.54, 1.807) is 7.05 Å². The van der Waals surface area contributed by atoms with Gasteiger partial charge in [0.1, 0.15) is 5.54 Å². The molecule has 2 fully saturated rings.